The highest BCUT2D eigenvalue weighted by Gasteiger charge is 2.29. The number of likely N-dealkylation sites (tertiary alicyclic amines) is 1. The van der Waals surface area contributed by atoms with Crippen LogP contribution in [0.5, 0.6) is 0 Å². The van der Waals surface area contributed by atoms with Gasteiger partial charge in [0.25, 0.3) is 0 Å². The van der Waals surface area contributed by atoms with E-state index < -0.39 is 0 Å². The summed E-state index contributed by atoms with van der Waals surface area (Å²) in [5.41, 5.74) is 7.95. The van der Waals surface area contributed by atoms with Crippen LogP contribution in [-0.2, 0) is 17.6 Å². The topological polar surface area (TPSA) is 46.3 Å². The van der Waals surface area contributed by atoms with Crippen LogP contribution in [0, 0.1) is 5.82 Å². The van der Waals surface area contributed by atoms with Gasteiger partial charge in [0.2, 0.25) is 5.91 Å². The van der Waals surface area contributed by atoms with E-state index in [-0.39, 0.29) is 30.2 Å². The molecule has 0 unspecified atom stereocenters. The Morgan fingerprint density at radius 2 is 1.88 bits per heavy atom. The van der Waals surface area contributed by atoms with E-state index in [1.54, 1.807) is 18.2 Å². The Labute approximate surface area is 148 Å². The molecule has 1 heterocycles. The van der Waals surface area contributed by atoms with Crippen LogP contribution in [0.4, 0.5) is 4.39 Å². The van der Waals surface area contributed by atoms with Gasteiger partial charge in [-0.3, -0.25) is 4.79 Å². The van der Waals surface area contributed by atoms with Gasteiger partial charge >= 0.3 is 0 Å². The molecule has 2 aromatic carbocycles. The molecule has 3 rings (SSSR count). The molecule has 2 atom stereocenters. The minimum absolute atomic E-state index is 0.0854. The van der Waals surface area contributed by atoms with E-state index in [0.29, 0.717) is 12.0 Å². The molecule has 3 nitrogen and oxygen atoms in total. The highest BCUT2D eigenvalue weighted by atomic mass is 19.1. The van der Waals surface area contributed by atoms with Crippen molar-refractivity contribution < 1.29 is 9.18 Å². The van der Waals surface area contributed by atoms with Crippen LogP contribution in [0.2, 0.25) is 0 Å². The minimum atomic E-state index is -0.359. The average Bonchev–Trinajstić information content (AvgIpc) is 3.06. The lowest BCUT2D eigenvalue weighted by Crippen LogP contribution is -2.40. The number of halogens is 1. The molecule has 1 aliphatic rings. The third-order valence-corrected chi connectivity index (χ3v) is 4.89. The molecule has 2 aromatic rings. The van der Waals surface area contributed by atoms with Crippen molar-refractivity contribution in [2.75, 3.05) is 6.54 Å². The smallest absolute Gasteiger partial charge is 0.224 e. The van der Waals surface area contributed by atoms with Crippen molar-refractivity contribution in [2.24, 2.45) is 5.73 Å². The number of hydrogen-bond donors (Lipinski definition) is 1. The van der Waals surface area contributed by atoms with E-state index in [1.807, 2.05) is 23.1 Å². The van der Waals surface area contributed by atoms with Crippen LogP contribution >= 0.6 is 0 Å². The van der Waals surface area contributed by atoms with Gasteiger partial charge in [0, 0.05) is 25.0 Å². The predicted molar refractivity (Wildman–Crippen MR) is 97.6 cm³/mol. The summed E-state index contributed by atoms with van der Waals surface area (Å²) in [7, 11) is 0. The average molecular weight is 340 g/mol. The molecule has 0 saturated carbocycles. The van der Waals surface area contributed by atoms with Gasteiger partial charge < -0.3 is 10.6 Å². The van der Waals surface area contributed by atoms with Crippen molar-refractivity contribution in [1.82, 2.24) is 4.90 Å². The zero-order chi connectivity index (χ0) is 17.6. The summed E-state index contributed by atoms with van der Waals surface area (Å²) in [6.07, 6.45) is 3.60. The first kappa shape index (κ1) is 17.6. The minimum Gasteiger partial charge on any atom is -0.339 e. The molecular formula is C21H25FN2O. The van der Waals surface area contributed by atoms with Gasteiger partial charge in [0.05, 0.1) is 0 Å². The molecule has 0 spiro atoms. The van der Waals surface area contributed by atoms with Crippen molar-refractivity contribution in [3.63, 3.8) is 0 Å². The highest BCUT2D eigenvalue weighted by molar-refractivity contribution is 5.77. The maximum absolute atomic E-state index is 13.7. The van der Waals surface area contributed by atoms with Crippen molar-refractivity contribution in [3.05, 3.63) is 71.5 Å². The van der Waals surface area contributed by atoms with Crippen LogP contribution in [0.1, 0.15) is 30.4 Å². The Bertz CT molecular complexity index is 704. The molecule has 0 bridgehead atoms. The fourth-order valence-corrected chi connectivity index (χ4v) is 3.62. The normalized spacial score (nSPS) is 18.3. The number of nitrogens with two attached hydrogens (primary N) is 1. The molecular weight excluding hydrogens is 315 g/mol. The second-order valence-electron chi connectivity index (χ2n) is 6.83. The maximum atomic E-state index is 13.7. The lowest BCUT2D eigenvalue weighted by atomic mass is 10.0. The number of carbonyl (C=O) groups excluding carboxylic acids is 1. The highest BCUT2D eigenvalue weighted by Crippen LogP contribution is 2.22. The molecule has 2 N–H and O–H groups in total. The van der Waals surface area contributed by atoms with Gasteiger partial charge in [-0.15, -0.1) is 0 Å². The Balaban J connectivity index is 1.57. The van der Waals surface area contributed by atoms with E-state index in [2.05, 4.69) is 12.1 Å². The lowest BCUT2D eigenvalue weighted by Gasteiger charge is -2.26. The van der Waals surface area contributed by atoms with Gasteiger partial charge in [0.15, 0.2) is 0 Å². The van der Waals surface area contributed by atoms with E-state index >= 15 is 0 Å². The second-order valence-corrected chi connectivity index (χ2v) is 6.83. The number of rotatable bonds is 6. The molecule has 4 heteroatoms. The summed E-state index contributed by atoms with van der Waals surface area (Å²) in [6.45, 7) is 0.794. The fourth-order valence-electron chi connectivity index (χ4n) is 3.62. The Hall–Kier alpha value is -2.20. The van der Waals surface area contributed by atoms with Crippen molar-refractivity contribution >= 4 is 5.91 Å². The van der Waals surface area contributed by atoms with Crippen LogP contribution < -0.4 is 5.73 Å². The number of nitrogens with zero attached hydrogens (tertiary/aromatic N) is 1. The summed E-state index contributed by atoms with van der Waals surface area (Å²) in [5, 5.41) is 0. The number of benzene rings is 2. The SMILES string of the molecule is N[C@@H](CC(=O)N1CCC[C@H]1Cc1ccccc1)Cc1ccccc1F. The quantitative estimate of drug-likeness (QED) is 0.877. The van der Waals surface area contributed by atoms with Crippen LogP contribution in [0.3, 0.4) is 0 Å². The van der Waals surface area contributed by atoms with Gasteiger partial charge in [-0.25, -0.2) is 4.39 Å². The number of amides is 1. The third kappa shape index (κ3) is 4.67. The third-order valence-electron chi connectivity index (χ3n) is 4.89. The van der Waals surface area contributed by atoms with E-state index in [4.69, 9.17) is 5.73 Å². The Morgan fingerprint density at radius 1 is 1.16 bits per heavy atom. The maximum Gasteiger partial charge on any atom is 0.224 e. The lowest BCUT2D eigenvalue weighted by molar-refractivity contribution is -0.132. The molecule has 132 valence electrons. The van der Waals surface area contributed by atoms with Crippen molar-refractivity contribution in [2.45, 2.75) is 44.2 Å². The van der Waals surface area contributed by atoms with Crippen molar-refractivity contribution in [3.8, 4) is 0 Å². The molecule has 1 fully saturated rings. The number of carbonyl (C=O) groups is 1. The Kier molecular flexibility index (Phi) is 5.82. The largest absolute Gasteiger partial charge is 0.339 e. The van der Waals surface area contributed by atoms with E-state index in [1.165, 1.54) is 11.6 Å². The summed E-state index contributed by atoms with van der Waals surface area (Å²) in [5.74, 6) is -0.171. The van der Waals surface area contributed by atoms with Crippen molar-refractivity contribution in [1.29, 1.82) is 0 Å². The van der Waals surface area contributed by atoms with Crippen LogP contribution in [0.25, 0.3) is 0 Å². The first-order valence-corrected chi connectivity index (χ1v) is 8.96. The summed E-state index contributed by atoms with van der Waals surface area (Å²) in [6, 6.07) is 16.8. The Morgan fingerprint density at radius 3 is 2.64 bits per heavy atom. The molecule has 0 aromatic heterocycles. The van der Waals surface area contributed by atoms with Crippen LogP contribution in [-0.4, -0.2) is 29.4 Å². The predicted octanol–water partition coefficient (Wildman–Crippen LogP) is 3.32. The zero-order valence-corrected chi connectivity index (χ0v) is 14.4. The van der Waals surface area contributed by atoms with Gasteiger partial charge in [-0.2, -0.15) is 0 Å². The molecule has 1 amide bonds. The standard InChI is InChI=1S/C21H25FN2O/c22-20-11-5-4-9-17(20)14-18(23)15-21(25)24-12-6-10-19(24)13-16-7-2-1-3-8-16/h1-5,7-9,11,18-19H,6,10,12-15,23H2/t18-,19+/m1/s1. The van der Waals surface area contributed by atoms with Gasteiger partial charge in [-0.1, -0.05) is 48.5 Å². The zero-order valence-electron chi connectivity index (χ0n) is 14.4. The monoisotopic (exact) mass is 340 g/mol. The summed E-state index contributed by atoms with van der Waals surface area (Å²) >= 11 is 0. The number of hydrogen-bond acceptors (Lipinski definition) is 2. The molecule has 0 radical (unpaired) electrons. The first-order chi connectivity index (χ1) is 12.1. The van der Waals surface area contributed by atoms with Crippen LogP contribution in [0.15, 0.2) is 54.6 Å². The summed E-state index contributed by atoms with van der Waals surface area (Å²) < 4.78 is 13.7. The van der Waals surface area contributed by atoms with Gasteiger partial charge in [-0.05, 0) is 42.9 Å². The molecule has 1 aliphatic heterocycles. The van der Waals surface area contributed by atoms with E-state index in [0.717, 1.165) is 25.8 Å². The molecule has 25 heavy (non-hydrogen) atoms. The van der Waals surface area contributed by atoms with E-state index in [9.17, 15) is 9.18 Å². The molecule has 1 saturated heterocycles. The second kappa shape index (κ2) is 8.26. The first-order valence-electron chi connectivity index (χ1n) is 8.96. The molecule has 0 aliphatic carbocycles. The van der Waals surface area contributed by atoms with Gasteiger partial charge in [0.1, 0.15) is 5.82 Å². The summed E-state index contributed by atoms with van der Waals surface area (Å²) in [4.78, 5) is 14.7. The fraction of sp³-hybridized carbons (Fsp3) is 0.381.